The van der Waals surface area contributed by atoms with Crippen molar-refractivity contribution in [2.24, 2.45) is 0 Å². The van der Waals surface area contributed by atoms with Gasteiger partial charge in [-0.05, 0) is 68.7 Å². The van der Waals surface area contributed by atoms with Crippen LogP contribution in [0.5, 0.6) is 5.75 Å². The van der Waals surface area contributed by atoms with Crippen LogP contribution in [0.4, 0.5) is 4.39 Å². The lowest BCUT2D eigenvalue weighted by atomic mass is 9.94. The van der Waals surface area contributed by atoms with Crippen molar-refractivity contribution in [1.82, 2.24) is 14.5 Å². The average Bonchev–Trinajstić information content (AvgIpc) is 3.26. The molecule has 3 unspecified atom stereocenters. The van der Waals surface area contributed by atoms with Crippen molar-refractivity contribution in [1.29, 1.82) is 0 Å². The lowest BCUT2D eigenvalue weighted by Gasteiger charge is -2.34. The van der Waals surface area contributed by atoms with Crippen LogP contribution < -0.4 is 9.46 Å². The Labute approximate surface area is 199 Å². The van der Waals surface area contributed by atoms with E-state index in [0.29, 0.717) is 18.6 Å². The third kappa shape index (κ3) is 5.41. The van der Waals surface area contributed by atoms with Crippen molar-refractivity contribution < 1.29 is 27.0 Å². The molecule has 0 bridgehead atoms. The van der Waals surface area contributed by atoms with Crippen LogP contribution in [0.25, 0.3) is 16.6 Å². The highest BCUT2D eigenvalue weighted by Gasteiger charge is 2.40. The van der Waals surface area contributed by atoms with E-state index in [2.05, 4.69) is 9.82 Å². The lowest BCUT2D eigenvalue weighted by Crippen LogP contribution is -2.50. The number of ether oxygens (including phenoxy) is 3. The molecule has 3 aromatic rings. The molecule has 0 aliphatic heterocycles. The number of methoxy groups -OCH3 is 2. The molecule has 10 heteroatoms. The third-order valence-electron chi connectivity index (χ3n) is 6.19. The monoisotopic (exact) mass is 491 g/mol. The fourth-order valence-corrected chi connectivity index (χ4v) is 6.31. The van der Waals surface area contributed by atoms with E-state index in [1.165, 1.54) is 12.1 Å². The molecule has 0 spiro atoms. The van der Waals surface area contributed by atoms with Gasteiger partial charge in [0.05, 0.1) is 35.7 Å². The third-order valence-corrected chi connectivity index (χ3v) is 8.22. The molecule has 1 aromatic heterocycles. The van der Waals surface area contributed by atoms with Gasteiger partial charge in [0.25, 0.3) is 0 Å². The number of sulfonamides is 1. The summed E-state index contributed by atoms with van der Waals surface area (Å²) < 4.78 is 60.5. The largest absolute Gasteiger partial charge is 0.492 e. The summed E-state index contributed by atoms with van der Waals surface area (Å²) in [6.07, 6.45) is 3.06. The van der Waals surface area contributed by atoms with E-state index in [1.807, 2.05) is 12.1 Å². The standard InChI is InChI=1S/C24H30FN3O5S/c1-16(27-34(29,30)24-13-20(31-2)9-11-23(24)32-3)15-33-21-8-10-22-17(12-21)14-26-28(22)19-6-4-18(25)5-7-19/h4-8,10,12,14,16,20,23-24,27H,9,11,13,15H2,1-3H3/t16-,20?,23?,24?/m0/s1. The lowest BCUT2D eigenvalue weighted by molar-refractivity contribution is 0.00689. The van der Waals surface area contributed by atoms with Gasteiger partial charge in [0.15, 0.2) is 0 Å². The SMILES string of the molecule is COC1CCC(OC)C(S(=O)(=O)N[C@@H](C)COc2ccc3c(cnn3-c3ccc(F)cc3)c2)C1. The van der Waals surface area contributed by atoms with Crippen LogP contribution in [-0.4, -0.2) is 62.5 Å². The van der Waals surface area contributed by atoms with Crippen molar-refractivity contribution in [3.8, 4) is 11.4 Å². The van der Waals surface area contributed by atoms with Gasteiger partial charge in [-0.3, -0.25) is 0 Å². The molecule has 34 heavy (non-hydrogen) atoms. The van der Waals surface area contributed by atoms with Gasteiger partial charge >= 0.3 is 0 Å². The minimum Gasteiger partial charge on any atom is -0.492 e. The predicted molar refractivity (Wildman–Crippen MR) is 127 cm³/mol. The van der Waals surface area contributed by atoms with Gasteiger partial charge in [-0.25, -0.2) is 22.2 Å². The maximum Gasteiger partial charge on any atom is 0.217 e. The van der Waals surface area contributed by atoms with Crippen molar-refractivity contribution in [3.05, 3.63) is 54.5 Å². The Morgan fingerprint density at radius 2 is 1.91 bits per heavy atom. The molecule has 184 valence electrons. The number of fused-ring (bicyclic) bond motifs is 1. The number of aromatic nitrogens is 2. The van der Waals surface area contributed by atoms with Crippen molar-refractivity contribution in [2.75, 3.05) is 20.8 Å². The smallest absolute Gasteiger partial charge is 0.217 e. The van der Waals surface area contributed by atoms with Crippen LogP contribution in [0, 0.1) is 5.82 Å². The van der Waals surface area contributed by atoms with Gasteiger partial charge < -0.3 is 14.2 Å². The Kier molecular flexibility index (Phi) is 7.51. The summed E-state index contributed by atoms with van der Waals surface area (Å²) >= 11 is 0. The van der Waals surface area contributed by atoms with Gasteiger partial charge in [0, 0.05) is 19.6 Å². The summed E-state index contributed by atoms with van der Waals surface area (Å²) in [4.78, 5) is 0. The van der Waals surface area contributed by atoms with E-state index in [-0.39, 0.29) is 24.6 Å². The number of nitrogens with one attached hydrogen (secondary N) is 1. The molecule has 4 rings (SSSR count). The Hall–Kier alpha value is -2.53. The quantitative estimate of drug-likeness (QED) is 0.493. The highest BCUT2D eigenvalue weighted by molar-refractivity contribution is 7.90. The first-order valence-corrected chi connectivity index (χ1v) is 12.8. The first-order valence-electron chi connectivity index (χ1n) is 11.2. The van der Waals surface area contributed by atoms with Gasteiger partial charge in [-0.1, -0.05) is 0 Å². The molecule has 1 N–H and O–H groups in total. The number of benzene rings is 2. The Bertz CT molecular complexity index is 1220. The second-order valence-electron chi connectivity index (χ2n) is 8.61. The van der Waals surface area contributed by atoms with Gasteiger partial charge in [0.2, 0.25) is 10.0 Å². The second kappa shape index (κ2) is 10.4. The van der Waals surface area contributed by atoms with Crippen molar-refractivity contribution in [3.63, 3.8) is 0 Å². The molecule has 0 amide bonds. The van der Waals surface area contributed by atoms with Crippen LogP contribution >= 0.6 is 0 Å². The number of hydrogen-bond acceptors (Lipinski definition) is 6. The van der Waals surface area contributed by atoms with E-state index in [0.717, 1.165) is 23.0 Å². The topological polar surface area (TPSA) is 91.7 Å². The van der Waals surface area contributed by atoms with Crippen molar-refractivity contribution in [2.45, 2.75) is 49.7 Å². The summed E-state index contributed by atoms with van der Waals surface area (Å²) in [6.45, 7) is 1.93. The second-order valence-corrected chi connectivity index (χ2v) is 10.5. The number of hydrogen-bond donors (Lipinski definition) is 1. The fraction of sp³-hybridized carbons (Fsp3) is 0.458. The summed E-state index contributed by atoms with van der Waals surface area (Å²) in [7, 11) is -0.486. The first-order chi connectivity index (χ1) is 16.3. The molecule has 0 radical (unpaired) electrons. The fourth-order valence-electron chi connectivity index (χ4n) is 4.39. The Morgan fingerprint density at radius 3 is 2.62 bits per heavy atom. The molecule has 1 aliphatic carbocycles. The Balaban J connectivity index is 1.40. The molecule has 1 saturated carbocycles. The highest BCUT2D eigenvalue weighted by Crippen LogP contribution is 2.28. The maximum atomic E-state index is 13.2. The summed E-state index contributed by atoms with van der Waals surface area (Å²) in [5.41, 5.74) is 1.60. The van der Waals surface area contributed by atoms with E-state index in [9.17, 15) is 12.8 Å². The summed E-state index contributed by atoms with van der Waals surface area (Å²) in [5.74, 6) is 0.296. The zero-order chi connectivity index (χ0) is 24.3. The van der Waals surface area contributed by atoms with Crippen LogP contribution in [-0.2, 0) is 19.5 Å². The molecule has 1 heterocycles. The minimum absolute atomic E-state index is 0.0953. The van der Waals surface area contributed by atoms with E-state index < -0.39 is 21.3 Å². The molecule has 0 saturated heterocycles. The van der Waals surface area contributed by atoms with E-state index >= 15 is 0 Å². The molecule has 4 atom stereocenters. The minimum atomic E-state index is -3.63. The van der Waals surface area contributed by atoms with Gasteiger partial charge in [0.1, 0.15) is 23.4 Å². The molecule has 1 fully saturated rings. The van der Waals surface area contributed by atoms with Crippen LogP contribution in [0.2, 0.25) is 0 Å². The molecular weight excluding hydrogens is 461 g/mol. The van der Waals surface area contributed by atoms with E-state index in [1.54, 1.807) is 50.2 Å². The molecule has 8 nitrogen and oxygen atoms in total. The number of nitrogens with zero attached hydrogens (tertiary/aromatic N) is 2. The Morgan fingerprint density at radius 1 is 1.15 bits per heavy atom. The average molecular weight is 492 g/mol. The highest BCUT2D eigenvalue weighted by atomic mass is 32.2. The van der Waals surface area contributed by atoms with Crippen LogP contribution in [0.1, 0.15) is 26.2 Å². The maximum absolute atomic E-state index is 13.2. The summed E-state index contributed by atoms with van der Waals surface area (Å²) in [6, 6.07) is 11.2. The summed E-state index contributed by atoms with van der Waals surface area (Å²) in [5, 5.41) is 4.56. The van der Waals surface area contributed by atoms with E-state index in [4.69, 9.17) is 14.2 Å². The van der Waals surface area contributed by atoms with Gasteiger partial charge in [-0.2, -0.15) is 5.10 Å². The van der Waals surface area contributed by atoms with Crippen molar-refractivity contribution >= 4 is 20.9 Å². The predicted octanol–water partition coefficient (Wildman–Crippen LogP) is 3.43. The normalized spacial score (nSPS) is 22.1. The zero-order valence-corrected chi connectivity index (χ0v) is 20.3. The number of halogens is 1. The molecular formula is C24H30FN3O5S. The molecule has 2 aromatic carbocycles. The number of rotatable bonds is 9. The zero-order valence-electron chi connectivity index (χ0n) is 19.5. The van der Waals surface area contributed by atoms with Crippen LogP contribution in [0.3, 0.4) is 0 Å². The molecule has 1 aliphatic rings. The van der Waals surface area contributed by atoms with Crippen LogP contribution in [0.15, 0.2) is 48.7 Å². The van der Waals surface area contributed by atoms with Gasteiger partial charge in [-0.15, -0.1) is 0 Å². The first kappa shape index (κ1) is 24.6.